The largest absolute Gasteiger partial charge is 0.497 e. The summed E-state index contributed by atoms with van der Waals surface area (Å²) in [6.45, 7) is 7.84. The van der Waals surface area contributed by atoms with E-state index in [4.69, 9.17) is 9.72 Å². The van der Waals surface area contributed by atoms with Crippen LogP contribution in [0.5, 0.6) is 5.75 Å². The second kappa shape index (κ2) is 6.61. The van der Waals surface area contributed by atoms with Gasteiger partial charge in [0.05, 0.1) is 7.11 Å². The molecule has 3 nitrogen and oxygen atoms in total. The first kappa shape index (κ1) is 17.4. The standard InChI is InChI=1S/C23H30N2O/c1-23(2,3)17-11-12-24-22(13-17)25-15-16-7-5-6-8-19(16)20-10-9-18(26-4)14-21(20)25/h9-14,16,19H,5-8,15H2,1-4H3. The second-order valence-corrected chi connectivity index (χ2v) is 8.84. The molecule has 1 aromatic heterocycles. The summed E-state index contributed by atoms with van der Waals surface area (Å²) in [7, 11) is 1.75. The Kier molecular flexibility index (Phi) is 4.42. The highest BCUT2D eigenvalue weighted by atomic mass is 16.5. The molecule has 1 aliphatic carbocycles. The van der Waals surface area contributed by atoms with Gasteiger partial charge in [0.25, 0.3) is 0 Å². The van der Waals surface area contributed by atoms with Gasteiger partial charge in [-0.3, -0.25) is 0 Å². The van der Waals surface area contributed by atoms with E-state index in [-0.39, 0.29) is 5.41 Å². The number of fused-ring (bicyclic) bond motifs is 3. The molecule has 2 unspecified atom stereocenters. The topological polar surface area (TPSA) is 25.4 Å². The summed E-state index contributed by atoms with van der Waals surface area (Å²) in [5, 5.41) is 0. The number of benzene rings is 1. The van der Waals surface area contributed by atoms with E-state index in [2.05, 4.69) is 56.0 Å². The molecule has 1 aromatic carbocycles. The number of nitrogens with zero attached hydrogens (tertiary/aromatic N) is 2. The first-order valence-corrected chi connectivity index (χ1v) is 9.89. The Balaban J connectivity index is 1.81. The van der Waals surface area contributed by atoms with Crippen molar-refractivity contribution < 1.29 is 4.74 Å². The van der Waals surface area contributed by atoms with Gasteiger partial charge in [-0.05, 0) is 59.4 Å². The van der Waals surface area contributed by atoms with Crippen molar-refractivity contribution in [1.29, 1.82) is 0 Å². The second-order valence-electron chi connectivity index (χ2n) is 8.84. The third-order valence-electron chi connectivity index (χ3n) is 6.14. The van der Waals surface area contributed by atoms with Crippen LogP contribution in [-0.4, -0.2) is 18.6 Å². The number of methoxy groups -OCH3 is 1. The predicted molar refractivity (Wildman–Crippen MR) is 108 cm³/mol. The molecule has 3 heteroatoms. The molecular formula is C23H30N2O. The van der Waals surface area contributed by atoms with Crippen LogP contribution in [0.1, 0.15) is 63.5 Å². The van der Waals surface area contributed by atoms with Gasteiger partial charge in [0.15, 0.2) is 0 Å². The lowest BCUT2D eigenvalue weighted by atomic mass is 9.72. The van der Waals surface area contributed by atoms with Crippen molar-refractivity contribution in [1.82, 2.24) is 4.98 Å². The minimum atomic E-state index is 0.123. The molecule has 2 aliphatic rings. The molecular weight excluding hydrogens is 320 g/mol. The van der Waals surface area contributed by atoms with E-state index in [0.29, 0.717) is 5.92 Å². The Morgan fingerprint density at radius 2 is 1.88 bits per heavy atom. The van der Waals surface area contributed by atoms with Crippen molar-refractivity contribution in [3.8, 4) is 5.75 Å². The molecule has 0 N–H and O–H groups in total. The van der Waals surface area contributed by atoms with E-state index in [9.17, 15) is 0 Å². The summed E-state index contributed by atoms with van der Waals surface area (Å²) in [5.74, 6) is 3.40. The van der Waals surface area contributed by atoms with Gasteiger partial charge >= 0.3 is 0 Å². The van der Waals surface area contributed by atoms with Crippen LogP contribution in [0.3, 0.4) is 0 Å². The van der Waals surface area contributed by atoms with Gasteiger partial charge in [-0.2, -0.15) is 0 Å². The molecule has 4 rings (SSSR count). The van der Waals surface area contributed by atoms with Crippen molar-refractivity contribution in [3.05, 3.63) is 47.7 Å². The average molecular weight is 351 g/mol. The van der Waals surface area contributed by atoms with Crippen LogP contribution in [0.15, 0.2) is 36.5 Å². The number of aromatic nitrogens is 1. The van der Waals surface area contributed by atoms with Crippen LogP contribution >= 0.6 is 0 Å². The minimum Gasteiger partial charge on any atom is -0.497 e. The molecule has 138 valence electrons. The third-order valence-corrected chi connectivity index (χ3v) is 6.14. The van der Waals surface area contributed by atoms with Gasteiger partial charge in [0.1, 0.15) is 11.6 Å². The van der Waals surface area contributed by atoms with Crippen LogP contribution in [0.2, 0.25) is 0 Å². The van der Waals surface area contributed by atoms with Crippen molar-refractivity contribution >= 4 is 11.5 Å². The molecule has 2 heterocycles. The molecule has 0 radical (unpaired) electrons. The molecule has 0 saturated heterocycles. The molecule has 2 atom stereocenters. The maximum atomic E-state index is 5.53. The number of hydrogen-bond donors (Lipinski definition) is 0. The fraction of sp³-hybridized carbons (Fsp3) is 0.522. The molecule has 26 heavy (non-hydrogen) atoms. The van der Waals surface area contributed by atoms with Crippen LogP contribution in [-0.2, 0) is 5.41 Å². The third kappa shape index (κ3) is 3.08. The van der Waals surface area contributed by atoms with E-state index in [1.807, 2.05) is 6.20 Å². The Labute approximate surface area is 157 Å². The van der Waals surface area contributed by atoms with Gasteiger partial charge in [-0.1, -0.05) is 39.7 Å². The summed E-state index contributed by atoms with van der Waals surface area (Å²) in [6, 6.07) is 11.0. The highest BCUT2D eigenvalue weighted by Gasteiger charge is 2.36. The highest BCUT2D eigenvalue weighted by molar-refractivity contribution is 5.69. The van der Waals surface area contributed by atoms with E-state index >= 15 is 0 Å². The van der Waals surface area contributed by atoms with E-state index in [0.717, 1.165) is 24.0 Å². The van der Waals surface area contributed by atoms with Crippen LogP contribution < -0.4 is 9.64 Å². The quantitative estimate of drug-likeness (QED) is 0.683. The lowest BCUT2D eigenvalue weighted by Gasteiger charge is -2.43. The summed E-state index contributed by atoms with van der Waals surface area (Å²) >= 11 is 0. The summed E-state index contributed by atoms with van der Waals surface area (Å²) in [4.78, 5) is 7.18. The molecule has 1 saturated carbocycles. The first-order chi connectivity index (χ1) is 12.5. The first-order valence-electron chi connectivity index (χ1n) is 9.89. The number of ether oxygens (including phenoxy) is 1. The SMILES string of the molecule is COc1ccc2c(c1)N(c1cc(C(C)(C)C)ccn1)CC1CCCCC21. The number of anilines is 2. The summed E-state index contributed by atoms with van der Waals surface area (Å²) in [6.07, 6.45) is 7.31. The zero-order chi connectivity index (χ0) is 18.3. The monoisotopic (exact) mass is 350 g/mol. The van der Waals surface area contributed by atoms with Gasteiger partial charge in [0.2, 0.25) is 0 Å². The van der Waals surface area contributed by atoms with Crippen LogP contribution in [0.25, 0.3) is 0 Å². The van der Waals surface area contributed by atoms with Crippen LogP contribution in [0.4, 0.5) is 11.5 Å². The predicted octanol–water partition coefficient (Wildman–Crippen LogP) is 5.81. The number of hydrogen-bond acceptors (Lipinski definition) is 3. The molecule has 0 amide bonds. The van der Waals surface area contributed by atoms with Crippen molar-refractivity contribution in [2.45, 2.75) is 57.8 Å². The van der Waals surface area contributed by atoms with E-state index in [1.165, 1.54) is 42.5 Å². The molecule has 1 fully saturated rings. The zero-order valence-corrected chi connectivity index (χ0v) is 16.5. The van der Waals surface area contributed by atoms with Crippen LogP contribution in [0, 0.1) is 5.92 Å². The fourth-order valence-electron chi connectivity index (χ4n) is 4.62. The Morgan fingerprint density at radius 1 is 1.08 bits per heavy atom. The number of rotatable bonds is 2. The van der Waals surface area contributed by atoms with Gasteiger partial charge in [-0.25, -0.2) is 4.98 Å². The van der Waals surface area contributed by atoms with E-state index < -0.39 is 0 Å². The average Bonchev–Trinajstić information content (AvgIpc) is 2.66. The van der Waals surface area contributed by atoms with Gasteiger partial charge in [0, 0.05) is 24.5 Å². The van der Waals surface area contributed by atoms with Crippen molar-refractivity contribution in [2.24, 2.45) is 5.92 Å². The highest BCUT2D eigenvalue weighted by Crippen LogP contribution is 2.49. The lowest BCUT2D eigenvalue weighted by Crippen LogP contribution is -2.37. The van der Waals surface area contributed by atoms with Crippen molar-refractivity contribution in [3.63, 3.8) is 0 Å². The summed E-state index contributed by atoms with van der Waals surface area (Å²) < 4.78 is 5.53. The van der Waals surface area contributed by atoms with Gasteiger partial charge < -0.3 is 9.64 Å². The zero-order valence-electron chi connectivity index (χ0n) is 16.5. The normalized spacial score (nSPS) is 22.5. The number of pyridine rings is 1. The maximum absolute atomic E-state index is 5.53. The maximum Gasteiger partial charge on any atom is 0.133 e. The Bertz CT molecular complexity index is 793. The lowest BCUT2D eigenvalue weighted by molar-refractivity contribution is 0.302. The Morgan fingerprint density at radius 3 is 2.65 bits per heavy atom. The van der Waals surface area contributed by atoms with E-state index in [1.54, 1.807) is 7.11 Å². The fourth-order valence-corrected chi connectivity index (χ4v) is 4.62. The molecule has 0 bridgehead atoms. The van der Waals surface area contributed by atoms with Gasteiger partial charge in [-0.15, -0.1) is 0 Å². The minimum absolute atomic E-state index is 0.123. The van der Waals surface area contributed by atoms with Crippen molar-refractivity contribution in [2.75, 3.05) is 18.6 Å². The molecule has 2 aromatic rings. The summed E-state index contributed by atoms with van der Waals surface area (Å²) in [5.41, 5.74) is 4.21. The Hall–Kier alpha value is -2.03. The molecule has 1 aliphatic heterocycles. The molecule has 0 spiro atoms. The smallest absolute Gasteiger partial charge is 0.133 e.